The van der Waals surface area contributed by atoms with Gasteiger partial charge in [0, 0.05) is 34.2 Å². The van der Waals surface area contributed by atoms with Crippen LogP contribution in [0.3, 0.4) is 0 Å². The van der Waals surface area contributed by atoms with Crippen LogP contribution < -0.4 is 0 Å². The van der Waals surface area contributed by atoms with Crippen LogP contribution in [-0.2, 0) is 10.2 Å². The van der Waals surface area contributed by atoms with Crippen LogP contribution in [0.25, 0.3) is 0 Å². The van der Waals surface area contributed by atoms with Crippen LogP contribution in [0.2, 0.25) is 0 Å². The molecule has 0 radical (unpaired) electrons. The Hall–Kier alpha value is -0.310. The van der Waals surface area contributed by atoms with Gasteiger partial charge in [-0.15, -0.1) is 0 Å². The highest BCUT2D eigenvalue weighted by Crippen LogP contribution is 2.01. The van der Waals surface area contributed by atoms with Crippen molar-refractivity contribution in [3.63, 3.8) is 0 Å². The molecule has 0 aliphatic rings. The molecule has 0 bridgehead atoms. The number of nitrogens with zero attached hydrogens (tertiary/aromatic N) is 3. The fourth-order valence-corrected chi connectivity index (χ4v) is 1.90. The Balaban J connectivity index is 4.13. The molecule has 0 saturated heterocycles. The summed E-state index contributed by atoms with van der Waals surface area (Å²) in [4.78, 5) is 1.40. The molecule has 0 saturated carbocycles. The van der Waals surface area contributed by atoms with Crippen LogP contribution in [-0.4, -0.2) is 76.2 Å². The molecular formula is C8H19F2N3O2S. The average molecular weight is 259 g/mol. The number of hydrogen-bond donors (Lipinski definition) is 0. The molecule has 0 fully saturated rings. The Morgan fingerprint density at radius 2 is 1.56 bits per heavy atom. The van der Waals surface area contributed by atoms with E-state index in [0.717, 1.165) is 8.61 Å². The largest absolute Gasteiger partial charge is 0.300 e. The molecule has 98 valence electrons. The number of likely N-dealkylation sites (N-methyl/N-ethyl adjacent to an activating group) is 2. The molecule has 0 amide bonds. The topological polar surface area (TPSA) is 43.9 Å². The molecule has 0 aromatic heterocycles. The second-order valence-electron chi connectivity index (χ2n) is 3.77. The van der Waals surface area contributed by atoms with Crippen molar-refractivity contribution in [3.05, 3.63) is 0 Å². The third kappa shape index (κ3) is 5.15. The van der Waals surface area contributed by atoms with Gasteiger partial charge in [-0.3, -0.25) is 4.90 Å². The molecule has 16 heavy (non-hydrogen) atoms. The number of alkyl halides is 2. The Morgan fingerprint density at radius 1 is 1.06 bits per heavy atom. The van der Waals surface area contributed by atoms with Crippen molar-refractivity contribution >= 4 is 10.2 Å². The lowest BCUT2D eigenvalue weighted by Gasteiger charge is -2.24. The molecule has 0 unspecified atom stereocenters. The molecule has 0 heterocycles. The fourth-order valence-electron chi connectivity index (χ4n) is 1.03. The maximum Gasteiger partial charge on any atom is 0.281 e. The van der Waals surface area contributed by atoms with Crippen molar-refractivity contribution in [2.24, 2.45) is 0 Å². The first-order chi connectivity index (χ1) is 7.17. The van der Waals surface area contributed by atoms with Gasteiger partial charge >= 0.3 is 0 Å². The van der Waals surface area contributed by atoms with E-state index in [0.29, 0.717) is 0 Å². The maximum absolute atomic E-state index is 12.0. The molecule has 0 N–H and O–H groups in total. The van der Waals surface area contributed by atoms with Crippen molar-refractivity contribution in [2.75, 3.05) is 47.8 Å². The van der Waals surface area contributed by atoms with Gasteiger partial charge in [-0.2, -0.15) is 17.0 Å². The van der Waals surface area contributed by atoms with Crippen LogP contribution in [0.5, 0.6) is 0 Å². The molecule has 0 rings (SSSR count). The Kier molecular flexibility index (Phi) is 6.31. The van der Waals surface area contributed by atoms with Gasteiger partial charge in [0.25, 0.3) is 16.6 Å². The number of halogens is 2. The highest BCUT2D eigenvalue weighted by Gasteiger charge is 2.20. The minimum atomic E-state index is -3.45. The zero-order valence-corrected chi connectivity index (χ0v) is 10.8. The molecule has 0 aliphatic heterocycles. The van der Waals surface area contributed by atoms with E-state index in [1.165, 1.54) is 33.1 Å². The average Bonchev–Trinajstić information content (AvgIpc) is 2.12. The first-order valence-corrected chi connectivity index (χ1v) is 6.18. The van der Waals surface area contributed by atoms with Gasteiger partial charge in [-0.05, 0) is 7.05 Å². The highest BCUT2D eigenvalue weighted by molar-refractivity contribution is 7.86. The number of hydrogen-bond acceptors (Lipinski definition) is 3. The number of rotatable bonds is 7. The van der Waals surface area contributed by atoms with E-state index in [1.54, 1.807) is 0 Å². The van der Waals surface area contributed by atoms with E-state index >= 15 is 0 Å². The molecule has 0 aromatic carbocycles. The first-order valence-electron chi connectivity index (χ1n) is 4.78. The smallest absolute Gasteiger partial charge is 0.281 e. The summed E-state index contributed by atoms with van der Waals surface area (Å²) >= 11 is 0. The Morgan fingerprint density at radius 3 is 1.94 bits per heavy atom. The molecule has 0 aromatic rings. The van der Waals surface area contributed by atoms with Gasteiger partial charge in [0.15, 0.2) is 0 Å². The van der Waals surface area contributed by atoms with Gasteiger partial charge in [0.05, 0.1) is 6.54 Å². The molecule has 0 spiro atoms. The van der Waals surface area contributed by atoms with Crippen molar-refractivity contribution < 1.29 is 17.2 Å². The lowest BCUT2D eigenvalue weighted by Crippen LogP contribution is -2.41. The van der Waals surface area contributed by atoms with Crippen molar-refractivity contribution in [1.82, 2.24) is 13.5 Å². The predicted octanol–water partition coefficient (Wildman–Crippen LogP) is -0.0785. The molecule has 0 aliphatic carbocycles. The van der Waals surface area contributed by atoms with Gasteiger partial charge < -0.3 is 0 Å². The summed E-state index contributed by atoms with van der Waals surface area (Å²) in [5.41, 5.74) is 0. The van der Waals surface area contributed by atoms with Crippen molar-refractivity contribution in [2.45, 2.75) is 6.43 Å². The third-order valence-electron chi connectivity index (χ3n) is 2.10. The van der Waals surface area contributed by atoms with Gasteiger partial charge in [-0.25, -0.2) is 8.78 Å². The van der Waals surface area contributed by atoms with Crippen LogP contribution in [0, 0.1) is 0 Å². The van der Waals surface area contributed by atoms with E-state index in [2.05, 4.69) is 0 Å². The van der Waals surface area contributed by atoms with Gasteiger partial charge in [0.2, 0.25) is 0 Å². The zero-order chi connectivity index (χ0) is 12.9. The van der Waals surface area contributed by atoms with Crippen molar-refractivity contribution in [1.29, 1.82) is 0 Å². The zero-order valence-electron chi connectivity index (χ0n) is 10.0. The summed E-state index contributed by atoms with van der Waals surface area (Å²) < 4.78 is 49.3. The summed E-state index contributed by atoms with van der Waals surface area (Å²) in [6.45, 7) is 0.105. The quantitative estimate of drug-likeness (QED) is 0.642. The minimum Gasteiger partial charge on any atom is -0.300 e. The van der Waals surface area contributed by atoms with Crippen LogP contribution in [0.1, 0.15) is 0 Å². The van der Waals surface area contributed by atoms with Crippen LogP contribution in [0.4, 0.5) is 8.78 Å². The summed E-state index contributed by atoms with van der Waals surface area (Å²) in [5, 5.41) is 0. The standard InChI is InChI=1S/C8H19F2N3O2S/c1-11(2)16(14,15)13(4)6-5-12(3)7-8(9)10/h8H,5-7H2,1-4H3. The molecule has 8 heteroatoms. The second-order valence-corrected chi connectivity index (χ2v) is 6.01. The van der Waals surface area contributed by atoms with Crippen LogP contribution in [0.15, 0.2) is 0 Å². The summed E-state index contributed by atoms with van der Waals surface area (Å²) in [5.74, 6) is 0. The molecular weight excluding hydrogens is 240 g/mol. The fraction of sp³-hybridized carbons (Fsp3) is 1.00. The second kappa shape index (κ2) is 6.43. The molecule has 0 atom stereocenters. The lowest BCUT2D eigenvalue weighted by atomic mass is 10.5. The highest BCUT2D eigenvalue weighted by atomic mass is 32.2. The summed E-state index contributed by atoms with van der Waals surface area (Å²) in [6.07, 6.45) is -2.40. The first kappa shape index (κ1) is 15.7. The normalized spacial score (nSPS) is 13.4. The van der Waals surface area contributed by atoms with Crippen LogP contribution >= 0.6 is 0 Å². The SMILES string of the molecule is CN(CCN(C)S(=O)(=O)N(C)C)CC(F)F. The summed E-state index contributed by atoms with van der Waals surface area (Å²) in [6, 6.07) is 0. The van der Waals surface area contributed by atoms with Gasteiger partial charge in [-0.1, -0.05) is 0 Å². The third-order valence-corrected chi connectivity index (χ3v) is 3.99. The Bertz CT molecular complexity index is 296. The Labute approximate surface area is 95.8 Å². The van der Waals surface area contributed by atoms with E-state index in [-0.39, 0.29) is 19.6 Å². The van der Waals surface area contributed by atoms with E-state index in [4.69, 9.17) is 0 Å². The maximum atomic E-state index is 12.0. The minimum absolute atomic E-state index is 0.184. The van der Waals surface area contributed by atoms with Crippen molar-refractivity contribution in [3.8, 4) is 0 Å². The van der Waals surface area contributed by atoms with E-state index in [9.17, 15) is 17.2 Å². The van der Waals surface area contributed by atoms with E-state index < -0.39 is 16.6 Å². The summed E-state index contributed by atoms with van der Waals surface area (Å²) in [7, 11) is 2.35. The molecule has 5 nitrogen and oxygen atoms in total. The van der Waals surface area contributed by atoms with E-state index in [1.807, 2.05) is 0 Å². The predicted molar refractivity (Wildman–Crippen MR) is 58.7 cm³/mol. The van der Waals surface area contributed by atoms with Gasteiger partial charge in [0.1, 0.15) is 0 Å². The monoisotopic (exact) mass is 259 g/mol. The lowest BCUT2D eigenvalue weighted by molar-refractivity contribution is 0.0989.